The van der Waals surface area contributed by atoms with Crippen molar-refractivity contribution in [3.05, 3.63) is 44.9 Å². The molecule has 4 N–H and O–H groups in total. The van der Waals surface area contributed by atoms with Crippen LogP contribution >= 0.6 is 11.3 Å². The van der Waals surface area contributed by atoms with Crippen LogP contribution in [0.15, 0.2) is 23.3 Å². The number of likely N-dealkylation sites (N-methyl/N-ethyl adjacent to an activating group) is 1. The van der Waals surface area contributed by atoms with Gasteiger partial charge in [-0.2, -0.15) is 13.2 Å². The van der Waals surface area contributed by atoms with Gasteiger partial charge in [0.15, 0.2) is 5.60 Å². The first kappa shape index (κ1) is 28.0. The normalized spacial score (nSPS) is 22.6. The maximum Gasteiger partial charge on any atom is 0.417 e. The summed E-state index contributed by atoms with van der Waals surface area (Å²) >= 11 is 1.17. The second-order valence-corrected chi connectivity index (χ2v) is 11.5. The van der Waals surface area contributed by atoms with Gasteiger partial charge in [-0.1, -0.05) is 0 Å². The van der Waals surface area contributed by atoms with Crippen molar-refractivity contribution < 1.29 is 27.9 Å². The van der Waals surface area contributed by atoms with Gasteiger partial charge in [0.25, 0.3) is 17.4 Å². The van der Waals surface area contributed by atoms with E-state index in [-0.39, 0.29) is 35.9 Å². The molecule has 1 aliphatic carbocycles. The van der Waals surface area contributed by atoms with Crippen LogP contribution in [0.25, 0.3) is 10.2 Å². The number of hydrogen-bond acceptors (Lipinski definition) is 9. The molecule has 1 saturated carbocycles. The van der Waals surface area contributed by atoms with Gasteiger partial charge in [-0.05, 0) is 64.4 Å². The number of hydrogen-bond donors (Lipinski definition) is 4. The largest absolute Gasteiger partial charge is 0.417 e. The predicted octanol–water partition coefficient (Wildman–Crippen LogP) is 2.46. The molecular formula is C25H28F3N7O4S. The van der Waals surface area contributed by atoms with Crippen molar-refractivity contribution in [1.29, 1.82) is 0 Å². The van der Waals surface area contributed by atoms with Crippen molar-refractivity contribution in [2.75, 3.05) is 32.5 Å². The molecule has 1 fully saturated rings. The predicted molar refractivity (Wildman–Crippen MR) is 142 cm³/mol. The number of anilines is 2. The van der Waals surface area contributed by atoms with Crippen LogP contribution in [-0.2, 0) is 5.66 Å². The molecule has 2 amide bonds. The van der Waals surface area contributed by atoms with Gasteiger partial charge in [-0.25, -0.2) is 9.97 Å². The lowest BCUT2D eigenvalue weighted by Gasteiger charge is -2.43. The summed E-state index contributed by atoms with van der Waals surface area (Å²) in [5.41, 5.74) is -4.36. The van der Waals surface area contributed by atoms with E-state index in [9.17, 15) is 32.7 Å². The maximum absolute atomic E-state index is 13.7. The minimum Gasteiger partial charge on any atom is -0.380 e. The number of aliphatic hydroxyl groups is 1. The molecule has 2 aliphatic rings. The molecule has 5 rings (SSSR count). The van der Waals surface area contributed by atoms with Crippen molar-refractivity contribution in [2.45, 2.75) is 50.0 Å². The van der Waals surface area contributed by atoms with E-state index in [4.69, 9.17) is 0 Å². The van der Waals surface area contributed by atoms with Crippen LogP contribution in [0.1, 0.15) is 51.4 Å². The number of amides is 2. The summed E-state index contributed by atoms with van der Waals surface area (Å²) in [6, 6.07) is 3.10. The number of nitrogens with zero attached hydrogens (tertiary/aromatic N) is 4. The van der Waals surface area contributed by atoms with Crippen molar-refractivity contribution in [2.24, 2.45) is 0 Å². The monoisotopic (exact) mass is 579 g/mol. The Bertz CT molecular complexity index is 1560. The second kappa shape index (κ2) is 9.82. The van der Waals surface area contributed by atoms with Crippen LogP contribution in [0.3, 0.4) is 0 Å². The van der Waals surface area contributed by atoms with Gasteiger partial charge in [0, 0.05) is 13.1 Å². The second-order valence-electron chi connectivity index (χ2n) is 10.5. The lowest BCUT2D eigenvalue weighted by atomic mass is 9.78. The van der Waals surface area contributed by atoms with E-state index in [2.05, 4.69) is 25.9 Å². The van der Waals surface area contributed by atoms with E-state index in [1.165, 1.54) is 28.3 Å². The zero-order valence-electron chi connectivity index (χ0n) is 22.0. The molecule has 15 heteroatoms. The Hall–Kier alpha value is -3.56. The SMILES string of the molecule is Cc1cc(Nc2ncnc3sc(C(=O)NCCN(C)C)cc23)c(=O)n2c1C(=O)NC21CCC(O)(C(F)(F)F)CC1. The molecule has 0 radical (unpaired) electrons. The Morgan fingerprint density at radius 1 is 1.20 bits per heavy atom. The Morgan fingerprint density at radius 2 is 1.90 bits per heavy atom. The van der Waals surface area contributed by atoms with Gasteiger partial charge in [0.1, 0.15) is 34.0 Å². The van der Waals surface area contributed by atoms with E-state index >= 15 is 0 Å². The van der Waals surface area contributed by atoms with Gasteiger partial charge in [0.05, 0.1) is 10.3 Å². The summed E-state index contributed by atoms with van der Waals surface area (Å²) in [7, 11) is 3.79. The van der Waals surface area contributed by atoms with Gasteiger partial charge >= 0.3 is 6.18 Å². The molecule has 0 atom stereocenters. The topological polar surface area (TPSA) is 141 Å². The van der Waals surface area contributed by atoms with E-state index in [1.54, 1.807) is 13.0 Å². The van der Waals surface area contributed by atoms with Crippen molar-refractivity contribution in [3.8, 4) is 0 Å². The number of halogens is 3. The van der Waals surface area contributed by atoms with Crippen LogP contribution in [0, 0.1) is 6.92 Å². The molecule has 40 heavy (non-hydrogen) atoms. The lowest BCUT2D eigenvalue weighted by molar-refractivity contribution is -0.275. The highest BCUT2D eigenvalue weighted by atomic mass is 32.1. The molecule has 214 valence electrons. The molecule has 3 aromatic heterocycles. The standard InChI is InChI=1S/C25H28F3N7O4S/c1-13-10-15(32-18-14-11-16(40-21(14)31-12-30-18)19(36)29-8-9-34(2)3)22(38)35-17(13)20(37)33-24(35)6-4-23(39,5-7-24)25(26,27)28/h10-12,39H,4-9H2,1-3H3,(H,29,36)(H,33,37)(H,30,31,32). The number of aromatic nitrogens is 3. The fourth-order valence-corrected chi connectivity index (χ4v) is 6.15. The number of nitrogens with one attached hydrogen (secondary N) is 3. The van der Waals surface area contributed by atoms with Crippen molar-refractivity contribution >= 4 is 44.9 Å². The minimum atomic E-state index is -4.83. The van der Waals surface area contributed by atoms with Gasteiger partial charge in [0.2, 0.25) is 0 Å². The number of alkyl halides is 3. The third-order valence-electron chi connectivity index (χ3n) is 7.46. The molecule has 3 aromatic rings. The molecule has 1 spiro atoms. The lowest BCUT2D eigenvalue weighted by Crippen LogP contribution is -2.57. The van der Waals surface area contributed by atoms with E-state index in [0.29, 0.717) is 33.7 Å². The number of carbonyl (C=O) groups excluding carboxylic acids is 2. The smallest absolute Gasteiger partial charge is 0.380 e. The van der Waals surface area contributed by atoms with E-state index in [0.717, 1.165) is 0 Å². The van der Waals surface area contributed by atoms with Gasteiger partial charge in [-0.15, -0.1) is 11.3 Å². The Labute approximate surface area is 230 Å². The Kier molecular flexibility index (Phi) is 6.87. The molecule has 1 aliphatic heterocycles. The quantitative estimate of drug-likeness (QED) is 0.349. The molecular weight excluding hydrogens is 551 g/mol. The van der Waals surface area contributed by atoms with Crippen LogP contribution < -0.4 is 21.5 Å². The van der Waals surface area contributed by atoms with Gasteiger partial charge < -0.3 is 26.0 Å². The molecule has 0 bridgehead atoms. The highest BCUT2D eigenvalue weighted by molar-refractivity contribution is 7.20. The zero-order valence-corrected chi connectivity index (χ0v) is 22.8. The average Bonchev–Trinajstić information content (AvgIpc) is 3.44. The first-order chi connectivity index (χ1) is 18.7. The highest BCUT2D eigenvalue weighted by Gasteiger charge is 2.59. The first-order valence-electron chi connectivity index (χ1n) is 12.6. The molecule has 0 saturated heterocycles. The van der Waals surface area contributed by atoms with Gasteiger partial charge in [-0.3, -0.25) is 19.0 Å². The summed E-state index contributed by atoms with van der Waals surface area (Å²) < 4.78 is 41.5. The third kappa shape index (κ3) is 4.71. The van der Waals surface area contributed by atoms with Crippen LogP contribution in [0.4, 0.5) is 24.7 Å². The zero-order chi connectivity index (χ0) is 29.0. The number of thiophene rings is 1. The van der Waals surface area contributed by atoms with Crippen molar-refractivity contribution in [1.82, 2.24) is 30.1 Å². The number of aryl methyl sites for hydroxylation is 1. The summed E-state index contributed by atoms with van der Waals surface area (Å²) in [5, 5.41) is 19.2. The highest BCUT2D eigenvalue weighted by Crippen LogP contribution is 2.47. The average molecular weight is 580 g/mol. The third-order valence-corrected chi connectivity index (χ3v) is 8.51. The Balaban J connectivity index is 1.48. The molecule has 11 nitrogen and oxygen atoms in total. The summed E-state index contributed by atoms with van der Waals surface area (Å²) in [6.45, 7) is 2.75. The number of pyridine rings is 1. The maximum atomic E-state index is 13.7. The van der Waals surface area contributed by atoms with Crippen LogP contribution in [-0.4, -0.2) is 75.3 Å². The fourth-order valence-electron chi connectivity index (χ4n) is 5.23. The van der Waals surface area contributed by atoms with Crippen LogP contribution in [0.5, 0.6) is 0 Å². The Morgan fingerprint density at radius 3 is 2.55 bits per heavy atom. The summed E-state index contributed by atoms with van der Waals surface area (Å²) in [6.07, 6.45) is -5.43. The van der Waals surface area contributed by atoms with E-state index in [1.807, 2.05) is 19.0 Å². The molecule has 0 unspecified atom stereocenters. The van der Waals surface area contributed by atoms with Crippen molar-refractivity contribution in [3.63, 3.8) is 0 Å². The minimum absolute atomic E-state index is 0.0527. The first-order valence-corrected chi connectivity index (χ1v) is 13.4. The van der Waals surface area contributed by atoms with E-state index < -0.39 is 41.7 Å². The van der Waals surface area contributed by atoms with Crippen LogP contribution in [0.2, 0.25) is 0 Å². The number of fused-ring (bicyclic) bond motifs is 3. The molecule has 4 heterocycles. The fraction of sp³-hybridized carbons (Fsp3) is 0.480. The summed E-state index contributed by atoms with van der Waals surface area (Å²) in [4.78, 5) is 50.6. The number of carbonyl (C=O) groups is 2. The molecule has 0 aromatic carbocycles. The summed E-state index contributed by atoms with van der Waals surface area (Å²) in [5.74, 6) is -0.579. The number of rotatable bonds is 6.